The lowest BCUT2D eigenvalue weighted by molar-refractivity contribution is -0.138. The number of nitrogens with zero attached hydrogens (tertiary/aromatic N) is 1. The first-order valence-electron chi connectivity index (χ1n) is 6.90. The summed E-state index contributed by atoms with van der Waals surface area (Å²) in [4.78, 5) is 11.7. The molecule has 2 aromatic carbocycles. The molecule has 8 heteroatoms. The number of sulfonamides is 1. The van der Waals surface area contributed by atoms with E-state index >= 15 is 0 Å². The molecule has 5 nitrogen and oxygen atoms in total. The summed E-state index contributed by atoms with van der Waals surface area (Å²) in [6.07, 6.45) is 0.824. The Morgan fingerprint density at radius 2 is 1.88 bits per heavy atom. The summed E-state index contributed by atoms with van der Waals surface area (Å²) < 4.78 is 38.2. The van der Waals surface area contributed by atoms with E-state index in [0.717, 1.165) is 22.7 Å². The van der Waals surface area contributed by atoms with Crippen molar-refractivity contribution < 1.29 is 22.7 Å². The van der Waals surface area contributed by atoms with Crippen LogP contribution in [-0.4, -0.2) is 31.8 Å². The van der Waals surface area contributed by atoms with Crippen molar-refractivity contribution in [2.75, 3.05) is 10.6 Å². The van der Waals surface area contributed by atoms with Gasteiger partial charge in [0.05, 0.1) is 11.9 Å². The molecule has 0 aliphatic heterocycles. The minimum absolute atomic E-state index is 0.0772. The molecule has 0 saturated heterocycles. The molecule has 0 fully saturated rings. The standard InChI is InChI=1S/C16H15ClFNO4S/c1-24(22,23)19(14-7-5-13(18)6-8-14)15(16(20)21)10-11-3-2-4-12(17)9-11/h2-9,15H,10H2,1H3,(H,20,21)/t15-/m1/s1. The lowest BCUT2D eigenvalue weighted by Gasteiger charge is -2.29. The van der Waals surface area contributed by atoms with Crippen molar-refractivity contribution in [3.8, 4) is 0 Å². The highest BCUT2D eigenvalue weighted by atomic mass is 35.5. The van der Waals surface area contributed by atoms with E-state index < -0.39 is 27.9 Å². The molecule has 1 N–H and O–H groups in total. The third-order valence-electron chi connectivity index (χ3n) is 3.32. The molecule has 2 rings (SSSR count). The topological polar surface area (TPSA) is 74.7 Å². The van der Waals surface area contributed by atoms with Crippen LogP contribution in [0.2, 0.25) is 5.02 Å². The lowest BCUT2D eigenvalue weighted by Crippen LogP contribution is -2.46. The number of carboxylic acid groups (broad SMARTS) is 1. The molecule has 0 spiro atoms. The maximum atomic E-state index is 13.1. The minimum atomic E-state index is -3.91. The number of hydrogen-bond acceptors (Lipinski definition) is 3. The molecule has 0 aliphatic carbocycles. The number of halogens is 2. The number of aliphatic carboxylic acids is 1. The molecule has 1 atom stereocenters. The van der Waals surface area contributed by atoms with Crippen molar-refractivity contribution in [2.45, 2.75) is 12.5 Å². The molecule has 2 aromatic rings. The van der Waals surface area contributed by atoms with Gasteiger partial charge in [0.1, 0.15) is 11.9 Å². The maximum absolute atomic E-state index is 13.1. The van der Waals surface area contributed by atoms with Crippen LogP contribution in [0.15, 0.2) is 48.5 Å². The summed E-state index contributed by atoms with van der Waals surface area (Å²) in [6, 6.07) is 9.74. The summed E-state index contributed by atoms with van der Waals surface area (Å²) in [5.41, 5.74) is 0.652. The van der Waals surface area contributed by atoms with Gasteiger partial charge in [0, 0.05) is 11.4 Å². The number of hydrogen-bond donors (Lipinski definition) is 1. The number of rotatable bonds is 6. The Bertz CT molecular complexity index is 839. The summed E-state index contributed by atoms with van der Waals surface area (Å²) in [5, 5.41) is 9.96. The molecular weight excluding hydrogens is 357 g/mol. The van der Waals surface area contributed by atoms with Gasteiger partial charge >= 0.3 is 5.97 Å². The van der Waals surface area contributed by atoms with Gasteiger partial charge in [-0.3, -0.25) is 4.31 Å². The highest BCUT2D eigenvalue weighted by Gasteiger charge is 2.32. The van der Waals surface area contributed by atoms with E-state index in [-0.39, 0.29) is 12.1 Å². The molecular formula is C16H15ClFNO4S. The smallest absolute Gasteiger partial charge is 0.327 e. The SMILES string of the molecule is CS(=O)(=O)N(c1ccc(F)cc1)[C@H](Cc1cccc(Cl)c1)C(=O)O. The largest absolute Gasteiger partial charge is 0.480 e. The Hall–Kier alpha value is -2.12. The Balaban J connectivity index is 2.47. The van der Waals surface area contributed by atoms with Crippen molar-refractivity contribution in [2.24, 2.45) is 0 Å². The van der Waals surface area contributed by atoms with Crippen LogP contribution in [-0.2, 0) is 21.2 Å². The average Bonchev–Trinajstić information content (AvgIpc) is 2.47. The fourth-order valence-electron chi connectivity index (χ4n) is 2.35. The summed E-state index contributed by atoms with van der Waals surface area (Å²) >= 11 is 5.89. The van der Waals surface area contributed by atoms with E-state index in [4.69, 9.17) is 11.6 Å². The second kappa shape index (κ2) is 7.19. The van der Waals surface area contributed by atoms with Crippen LogP contribution in [0.3, 0.4) is 0 Å². The molecule has 0 radical (unpaired) electrons. The number of carbonyl (C=O) groups is 1. The Morgan fingerprint density at radius 1 is 1.25 bits per heavy atom. The third-order valence-corrected chi connectivity index (χ3v) is 4.74. The molecule has 0 amide bonds. The van der Waals surface area contributed by atoms with E-state index in [2.05, 4.69) is 0 Å². The summed E-state index contributed by atoms with van der Waals surface area (Å²) in [5.74, 6) is -1.86. The molecule has 0 saturated carbocycles. The van der Waals surface area contributed by atoms with Crippen molar-refractivity contribution >= 4 is 33.3 Å². The average molecular weight is 372 g/mol. The first-order chi connectivity index (χ1) is 11.2. The summed E-state index contributed by atoms with van der Waals surface area (Å²) in [7, 11) is -3.91. The fourth-order valence-corrected chi connectivity index (χ4v) is 3.69. The Morgan fingerprint density at radius 3 is 2.38 bits per heavy atom. The molecule has 0 heterocycles. The van der Waals surface area contributed by atoms with Crippen LogP contribution >= 0.6 is 11.6 Å². The van der Waals surface area contributed by atoms with Gasteiger partial charge in [0.25, 0.3) is 0 Å². The fraction of sp³-hybridized carbons (Fsp3) is 0.188. The van der Waals surface area contributed by atoms with E-state index in [1.807, 2.05) is 0 Å². The second-order valence-corrected chi connectivity index (χ2v) is 7.52. The van der Waals surface area contributed by atoms with Crippen molar-refractivity contribution in [3.63, 3.8) is 0 Å². The highest BCUT2D eigenvalue weighted by molar-refractivity contribution is 7.92. The predicted molar refractivity (Wildman–Crippen MR) is 90.3 cm³/mol. The van der Waals surface area contributed by atoms with Gasteiger partial charge in [0.2, 0.25) is 10.0 Å². The first kappa shape index (κ1) is 18.2. The zero-order chi connectivity index (χ0) is 17.9. The van der Waals surface area contributed by atoms with Gasteiger partial charge in [-0.1, -0.05) is 23.7 Å². The molecule has 0 bridgehead atoms. The van der Waals surface area contributed by atoms with Gasteiger partial charge < -0.3 is 5.11 Å². The normalized spacial score (nSPS) is 12.6. The van der Waals surface area contributed by atoms with Crippen molar-refractivity contribution in [1.82, 2.24) is 0 Å². The minimum Gasteiger partial charge on any atom is -0.480 e. The predicted octanol–water partition coefficient (Wildman–Crippen LogP) is 2.94. The second-order valence-electron chi connectivity index (χ2n) is 5.22. The van der Waals surface area contributed by atoms with Crippen LogP contribution in [0.4, 0.5) is 10.1 Å². The monoisotopic (exact) mass is 371 g/mol. The first-order valence-corrected chi connectivity index (χ1v) is 9.13. The number of anilines is 1. The number of carboxylic acids is 1. The van der Waals surface area contributed by atoms with Crippen LogP contribution in [0.25, 0.3) is 0 Å². The molecule has 24 heavy (non-hydrogen) atoms. The van der Waals surface area contributed by atoms with Gasteiger partial charge in [-0.15, -0.1) is 0 Å². The van der Waals surface area contributed by atoms with Crippen LogP contribution in [0.1, 0.15) is 5.56 Å². The molecule has 128 valence electrons. The van der Waals surface area contributed by atoms with E-state index in [0.29, 0.717) is 10.6 Å². The van der Waals surface area contributed by atoms with Crippen LogP contribution < -0.4 is 4.31 Å². The van der Waals surface area contributed by atoms with E-state index in [1.165, 1.54) is 12.1 Å². The zero-order valence-corrected chi connectivity index (χ0v) is 14.3. The van der Waals surface area contributed by atoms with Gasteiger partial charge in [-0.25, -0.2) is 17.6 Å². The third kappa shape index (κ3) is 4.46. The lowest BCUT2D eigenvalue weighted by atomic mass is 10.1. The molecule has 0 aliphatic rings. The highest BCUT2D eigenvalue weighted by Crippen LogP contribution is 2.24. The summed E-state index contributed by atoms with van der Waals surface area (Å²) in [6.45, 7) is 0. The Labute approximate surface area is 144 Å². The number of benzene rings is 2. The quantitative estimate of drug-likeness (QED) is 0.847. The van der Waals surface area contributed by atoms with Crippen molar-refractivity contribution in [1.29, 1.82) is 0 Å². The zero-order valence-electron chi connectivity index (χ0n) is 12.7. The van der Waals surface area contributed by atoms with Gasteiger partial charge in [0.15, 0.2) is 0 Å². The molecule has 0 aromatic heterocycles. The van der Waals surface area contributed by atoms with Crippen LogP contribution in [0, 0.1) is 5.82 Å². The maximum Gasteiger partial charge on any atom is 0.327 e. The Kier molecular flexibility index (Phi) is 5.46. The van der Waals surface area contributed by atoms with Gasteiger partial charge in [-0.2, -0.15) is 0 Å². The van der Waals surface area contributed by atoms with Gasteiger partial charge in [-0.05, 0) is 42.0 Å². The van der Waals surface area contributed by atoms with E-state index in [1.54, 1.807) is 24.3 Å². The van der Waals surface area contributed by atoms with E-state index in [9.17, 15) is 22.7 Å². The molecule has 0 unspecified atom stereocenters. The van der Waals surface area contributed by atoms with Crippen LogP contribution in [0.5, 0.6) is 0 Å². The van der Waals surface area contributed by atoms with Crippen molar-refractivity contribution in [3.05, 3.63) is 64.9 Å².